The molecule has 0 saturated heterocycles. The maximum Gasteiger partial charge on any atom is 0.344 e. The van der Waals surface area contributed by atoms with E-state index >= 15 is 0 Å². The van der Waals surface area contributed by atoms with Crippen LogP contribution in [0.2, 0.25) is 0 Å². The molecule has 0 fully saturated rings. The van der Waals surface area contributed by atoms with Gasteiger partial charge in [0, 0.05) is 12.3 Å². The molecule has 0 aromatic carbocycles. The van der Waals surface area contributed by atoms with Crippen LogP contribution in [0.1, 0.15) is 6.92 Å². The first kappa shape index (κ1) is 8.52. The Hall–Kier alpha value is -1.58. The van der Waals surface area contributed by atoms with Crippen LogP contribution in [0.15, 0.2) is 24.4 Å². The van der Waals surface area contributed by atoms with Gasteiger partial charge in [-0.1, -0.05) is 6.07 Å². The minimum absolute atomic E-state index is 0.326. The molecule has 0 bridgehead atoms. The molecule has 0 radical (unpaired) electrons. The number of aromatic nitrogens is 1. The summed E-state index contributed by atoms with van der Waals surface area (Å²) < 4.78 is 4.97. The summed E-state index contributed by atoms with van der Waals surface area (Å²) in [5, 5.41) is 8.49. The largest absolute Gasteiger partial charge is 0.479 e. The molecule has 64 valence electrons. The van der Waals surface area contributed by atoms with Crippen LogP contribution in [0.3, 0.4) is 0 Å². The van der Waals surface area contributed by atoms with Crippen molar-refractivity contribution in [3.8, 4) is 5.88 Å². The zero-order valence-corrected chi connectivity index (χ0v) is 6.60. The van der Waals surface area contributed by atoms with E-state index in [0.29, 0.717) is 5.88 Å². The SMILES string of the molecule is C[C@@H](Oc1ccccn1)C(=O)O. The Morgan fingerprint density at radius 2 is 2.42 bits per heavy atom. The van der Waals surface area contributed by atoms with E-state index in [1.165, 1.54) is 6.92 Å². The first-order valence-electron chi connectivity index (χ1n) is 3.50. The predicted octanol–water partition coefficient (Wildman–Crippen LogP) is 0.933. The van der Waals surface area contributed by atoms with Gasteiger partial charge in [0.2, 0.25) is 5.88 Å². The molecule has 0 spiro atoms. The second kappa shape index (κ2) is 3.71. The molecule has 4 heteroatoms. The van der Waals surface area contributed by atoms with E-state index in [9.17, 15) is 4.79 Å². The third-order valence-electron chi connectivity index (χ3n) is 1.28. The zero-order valence-electron chi connectivity index (χ0n) is 6.60. The summed E-state index contributed by atoms with van der Waals surface area (Å²) in [6.07, 6.45) is 0.684. The van der Waals surface area contributed by atoms with Gasteiger partial charge in [-0.3, -0.25) is 0 Å². The van der Waals surface area contributed by atoms with Gasteiger partial charge >= 0.3 is 5.97 Å². The van der Waals surface area contributed by atoms with Crippen molar-refractivity contribution in [3.05, 3.63) is 24.4 Å². The van der Waals surface area contributed by atoms with Crippen LogP contribution in [-0.4, -0.2) is 22.2 Å². The molecule has 0 amide bonds. The van der Waals surface area contributed by atoms with Gasteiger partial charge in [0.05, 0.1) is 0 Å². The molecular weight excluding hydrogens is 158 g/mol. The topological polar surface area (TPSA) is 59.4 Å². The number of carbonyl (C=O) groups is 1. The van der Waals surface area contributed by atoms with Gasteiger partial charge in [0.1, 0.15) is 0 Å². The fourth-order valence-electron chi connectivity index (χ4n) is 0.648. The van der Waals surface area contributed by atoms with Gasteiger partial charge in [-0.05, 0) is 13.0 Å². The Labute approximate surface area is 69.8 Å². The Bertz CT molecular complexity index is 260. The zero-order chi connectivity index (χ0) is 8.97. The highest BCUT2D eigenvalue weighted by Gasteiger charge is 2.11. The molecule has 0 aliphatic heterocycles. The van der Waals surface area contributed by atoms with Crippen LogP contribution in [0.5, 0.6) is 5.88 Å². The van der Waals surface area contributed by atoms with Crippen LogP contribution >= 0.6 is 0 Å². The number of hydrogen-bond acceptors (Lipinski definition) is 3. The number of hydrogen-bond donors (Lipinski definition) is 1. The van der Waals surface area contributed by atoms with E-state index in [1.807, 2.05) is 0 Å². The lowest BCUT2D eigenvalue weighted by atomic mass is 10.4. The predicted molar refractivity (Wildman–Crippen MR) is 42.0 cm³/mol. The van der Waals surface area contributed by atoms with Crippen LogP contribution < -0.4 is 4.74 Å². The first-order valence-corrected chi connectivity index (χ1v) is 3.50. The minimum Gasteiger partial charge on any atom is -0.479 e. The quantitative estimate of drug-likeness (QED) is 0.727. The lowest BCUT2D eigenvalue weighted by Crippen LogP contribution is -2.23. The van der Waals surface area contributed by atoms with Crippen molar-refractivity contribution in [2.45, 2.75) is 13.0 Å². The molecule has 0 saturated carbocycles. The standard InChI is InChI=1S/C8H9NO3/c1-6(8(10)11)12-7-4-2-3-5-9-7/h2-6H,1H3,(H,10,11)/t6-/m1/s1. The van der Waals surface area contributed by atoms with Crippen molar-refractivity contribution < 1.29 is 14.6 Å². The fourth-order valence-corrected chi connectivity index (χ4v) is 0.648. The van der Waals surface area contributed by atoms with Crippen molar-refractivity contribution in [1.82, 2.24) is 4.98 Å². The van der Waals surface area contributed by atoms with Gasteiger partial charge in [0.25, 0.3) is 0 Å². The lowest BCUT2D eigenvalue weighted by molar-refractivity contribution is -0.144. The second-order valence-corrected chi connectivity index (χ2v) is 2.27. The van der Waals surface area contributed by atoms with Crippen LogP contribution in [0.4, 0.5) is 0 Å². The molecule has 4 nitrogen and oxygen atoms in total. The minimum atomic E-state index is -0.999. The summed E-state index contributed by atoms with van der Waals surface area (Å²) >= 11 is 0. The van der Waals surface area contributed by atoms with E-state index in [-0.39, 0.29) is 0 Å². The molecule has 0 aliphatic rings. The molecule has 1 N–H and O–H groups in total. The maximum atomic E-state index is 10.4. The summed E-state index contributed by atoms with van der Waals surface area (Å²) in [7, 11) is 0. The number of aliphatic carboxylic acids is 1. The van der Waals surface area contributed by atoms with Crippen molar-refractivity contribution >= 4 is 5.97 Å². The molecule has 0 unspecified atom stereocenters. The summed E-state index contributed by atoms with van der Waals surface area (Å²) in [6.45, 7) is 1.46. The normalized spacial score (nSPS) is 12.1. The second-order valence-electron chi connectivity index (χ2n) is 2.27. The van der Waals surface area contributed by atoms with Crippen molar-refractivity contribution in [2.24, 2.45) is 0 Å². The number of carboxylic acid groups (broad SMARTS) is 1. The highest BCUT2D eigenvalue weighted by molar-refractivity contribution is 5.72. The average molecular weight is 167 g/mol. The van der Waals surface area contributed by atoms with Crippen LogP contribution in [0, 0.1) is 0 Å². The highest BCUT2D eigenvalue weighted by Crippen LogP contribution is 2.05. The van der Waals surface area contributed by atoms with Gasteiger partial charge in [-0.2, -0.15) is 0 Å². The molecule has 1 aromatic heterocycles. The maximum absolute atomic E-state index is 10.4. The Morgan fingerprint density at radius 3 is 2.92 bits per heavy atom. The summed E-state index contributed by atoms with van der Waals surface area (Å²) in [5.74, 6) is -0.673. The number of pyridine rings is 1. The van der Waals surface area contributed by atoms with Crippen molar-refractivity contribution in [2.75, 3.05) is 0 Å². The van der Waals surface area contributed by atoms with Crippen molar-refractivity contribution in [1.29, 1.82) is 0 Å². The van der Waals surface area contributed by atoms with Crippen molar-refractivity contribution in [3.63, 3.8) is 0 Å². The molecule has 1 aromatic rings. The van der Waals surface area contributed by atoms with E-state index in [2.05, 4.69) is 4.98 Å². The van der Waals surface area contributed by atoms with E-state index in [0.717, 1.165) is 0 Å². The van der Waals surface area contributed by atoms with E-state index < -0.39 is 12.1 Å². The number of carboxylic acids is 1. The van der Waals surface area contributed by atoms with Gasteiger partial charge < -0.3 is 9.84 Å². The Balaban J connectivity index is 2.58. The van der Waals surface area contributed by atoms with Crippen LogP contribution in [-0.2, 0) is 4.79 Å². The Kier molecular flexibility index (Phi) is 2.63. The molecule has 1 rings (SSSR count). The number of rotatable bonds is 3. The first-order chi connectivity index (χ1) is 5.70. The fraction of sp³-hybridized carbons (Fsp3) is 0.250. The number of nitrogens with zero attached hydrogens (tertiary/aromatic N) is 1. The number of ether oxygens (including phenoxy) is 1. The monoisotopic (exact) mass is 167 g/mol. The molecule has 0 aliphatic carbocycles. The van der Waals surface area contributed by atoms with Gasteiger partial charge in [-0.15, -0.1) is 0 Å². The molecule has 1 heterocycles. The average Bonchev–Trinajstić information content (AvgIpc) is 2.06. The van der Waals surface area contributed by atoms with Gasteiger partial charge in [0.15, 0.2) is 6.10 Å². The van der Waals surface area contributed by atoms with E-state index in [1.54, 1.807) is 24.4 Å². The third-order valence-corrected chi connectivity index (χ3v) is 1.28. The Morgan fingerprint density at radius 1 is 1.67 bits per heavy atom. The molecular formula is C8H9NO3. The van der Waals surface area contributed by atoms with Gasteiger partial charge in [-0.25, -0.2) is 9.78 Å². The molecule has 1 atom stereocenters. The smallest absolute Gasteiger partial charge is 0.344 e. The highest BCUT2D eigenvalue weighted by atomic mass is 16.5. The molecule has 12 heavy (non-hydrogen) atoms. The van der Waals surface area contributed by atoms with Crippen LogP contribution in [0.25, 0.3) is 0 Å². The lowest BCUT2D eigenvalue weighted by Gasteiger charge is -2.07. The summed E-state index contributed by atoms with van der Waals surface area (Å²) in [4.78, 5) is 14.2. The van der Waals surface area contributed by atoms with E-state index in [4.69, 9.17) is 9.84 Å². The summed E-state index contributed by atoms with van der Waals surface area (Å²) in [5.41, 5.74) is 0. The third kappa shape index (κ3) is 2.23. The summed E-state index contributed by atoms with van der Waals surface area (Å²) in [6, 6.07) is 5.08.